The molecule has 0 aromatic heterocycles. The number of benzene rings is 2. The SMILES string of the molecule is CCOC(=O)CCN(Cc1ccccc1)C(=S)Nc1ccccc1OC. The van der Waals surface area contributed by atoms with E-state index in [-0.39, 0.29) is 12.4 Å². The zero-order valence-electron chi connectivity index (χ0n) is 15.1. The Labute approximate surface area is 159 Å². The van der Waals surface area contributed by atoms with Gasteiger partial charge in [-0.3, -0.25) is 4.79 Å². The van der Waals surface area contributed by atoms with Gasteiger partial charge >= 0.3 is 5.97 Å². The van der Waals surface area contributed by atoms with Crippen LogP contribution in [0.5, 0.6) is 5.75 Å². The zero-order valence-corrected chi connectivity index (χ0v) is 15.9. The Morgan fingerprint density at radius 3 is 2.50 bits per heavy atom. The minimum Gasteiger partial charge on any atom is -0.495 e. The Hall–Kier alpha value is -2.60. The van der Waals surface area contributed by atoms with Crippen molar-refractivity contribution in [1.82, 2.24) is 4.90 Å². The van der Waals surface area contributed by atoms with Crippen molar-refractivity contribution in [3.63, 3.8) is 0 Å². The van der Waals surface area contributed by atoms with Crippen LogP contribution in [0.4, 0.5) is 5.69 Å². The molecular formula is C20H24N2O3S. The molecule has 0 heterocycles. The van der Waals surface area contributed by atoms with Gasteiger partial charge in [-0.1, -0.05) is 42.5 Å². The first-order valence-corrected chi connectivity index (χ1v) is 8.93. The van der Waals surface area contributed by atoms with Crippen LogP contribution in [0, 0.1) is 0 Å². The topological polar surface area (TPSA) is 50.8 Å². The number of methoxy groups -OCH3 is 1. The van der Waals surface area contributed by atoms with Crippen molar-refractivity contribution in [3.8, 4) is 5.75 Å². The lowest BCUT2D eigenvalue weighted by atomic mass is 10.2. The lowest BCUT2D eigenvalue weighted by Gasteiger charge is -2.26. The fourth-order valence-electron chi connectivity index (χ4n) is 2.46. The van der Waals surface area contributed by atoms with Gasteiger partial charge in [-0.25, -0.2) is 0 Å². The zero-order chi connectivity index (χ0) is 18.8. The second-order valence-electron chi connectivity index (χ2n) is 5.59. The number of para-hydroxylation sites is 2. The van der Waals surface area contributed by atoms with Gasteiger partial charge in [0.05, 0.1) is 25.8 Å². The second kappa shape index (κ2) is 10.4. The molecule has 0 fully saturated rings. The third kappa shape index (κ3) is 6.04. The highest BCUT2D eigenvalue weighted by Crippen LogP contribution is 2.23. The lowest BCUT2D eigenvalue weighted by Crippen LogP contribution is -2.36. The highest BCUT2D eigenvalue weighted by atomic mass is 32.1. The van der Waals surface area contributed by atoms with E-state index >= 15 is 0 Å². The summed E-state index contributed by atoms with van der Waals surface area (Å²) < 4.78 is 10.4. The second-order valence-corrected chi connectivity index (χ2v) is 5.98. The number of anilines is 1. The van der Waals surface area contributed by atoms with Crippen LogP contribution in [-0.4, -0.2) is 36.2 Å². The quantitative estimate of drug-likeness (QED) is 0.561. The third-order valence-corrected chi connectivity index (χ3v) is 4.10. The Bertz CT molecular complexity index is 722. The molecule has 0 spiro atoms. The van der Waals surface area contributed by atoms with Gasteiger partial charge in [-0.2, -0.15) is 0 Å². The summed E-state index contributed by atoms with van der Waals surface area (Å²) in [5.74, 6) is 0.477. The van der Waals surface area contributed by atoms with Crippen molar-refractivity contribution in [3.05, 3.63) is 60.2 Å². The van der Waals surface area contributed by atoms with Gasteiger partial charge < -0.3 is 19.7 Å². The molecule has 1 N–H and O–H groups in total. The van der Waals surface area contributed by atoms with Gasteiger partial charge in [-0.05, 0) is 36.8 Å². The van der Waals surface area contributed by atoms with Crippen LogP contribution in [0.15, 0.2) is 54.6 Å². The van der Waals surface area contributed by atoms with E-state index in [4.69, 9.17) is 21.7 Å². The molecular weight excluding hydrogens is 348 g/mol. The maximum Gasteiger partial charge on any atom is 0.307 e. The minimum absolute atomic E-state index is 0.231. The number of nitrogens with zero attached hydrogens (tertiary/aromatic N) is 1. The standard InChI is InChI=1S/C20H24N2O3S/c1-3-25-19(23)13-14-22(15-16-9-5-4-6-10-16)20(26)21-17-11-7-8-12-18(17)24-2/h4-12H,3,13-15H2,1-2H3,(H,21,26). The normalized spacial score (nSPS) is 10.1. The number of nitrogens with one attached hydrogen (secondary N) is 1. The number of thiocarbonyl (C=S) groups is 1. The average Bonchev–Trinajstić information content (AvgIpc) is 2.66. The molecule has 0 aliphatic heterocycles. The molecule has 2 aromatic rings. The first-order valence-electron chi connectivity index (χ1n) is 8.52. The fraction of sp³-hybridized carbons (Fsp3) is 0.300. The van der Waals surface area contributed by atoms with E-state index in [1.54, 1.807) is 14.0 Å². The number of esters is 1. The molecule has 138 valence electrons. The van der Waals surface area contributed by atoms with E-state index in [1.165, 1.54) is 0 Å². The van der Waals surface area contributed by atoms with E-state index in [0.717, 1.165) is 11.3 Å². The molecule has 0 atom stereocenters. The van der Waals surface area contributed by atoms with Gasteiger partial charge in [0, 0.05) is 13.1 Å². The van der Waals surface area contributed by atoms with Crippen LogP contribution in [0.25, 0.3) is 0 Å². The Balaban J connectivity index is 2.10. The van der Waals surface area contributed by atoms with Gasteiger partial charge in [0.25, 0.3) is 0 Å². The molecule has 0 radical (unpaired) electrons. The van der Waals surface area contributed by atoms with Gasteiger partial charge in [0.1, 0.15) is 5.75 Å². The van der Waals surface area contributed by atoms with Crippen LogP contribution in [0.1, 0.15) is 18.9 Å². The van der Waals surface area contributed by atoms with Crippen LogP contribution < -0.4 is 10.1 Å². The summed E-state index contributed by atoms with van der Waals surface area (Å²) in [7, 11) is 1.62. The first-order chi connectivity index (χ1) is 12.6. The van der Waals surface area contributed by atoms with Crippen LogP contribution >= 0.6 is 12.2 Å². The number of rotatable bonds is 8. The number of carbonyl (C=O) groups is 1. The first kappa shape index (κ1) is 19.7. The molecule has 2 rings (SSSR count). The van der Waals surface area contributed by atoms with E-state index in [2.05, 4.69) is 5.32 Å². The van der Waals surface area contributed by atoms with Crippen molar-refractivity contribution >= 4 is 29.0 Å². The van der Waals surface area contributed by atoms with Crippen molar-refractivity contribution in [2.45, 2.75) is 19.9 Å². The van der Waals surface area contributed by atoms with Crippen LogP contribution in [0.3, 0.4) is 0 Å². The molecule has 0 aliphatic rings. The summed E-state index contributed by atoms with van der Waals surface area (Å²) in [6.45, 7) is 3.24. The van der Waals surface area contributed by atoms with Crippen LogP contribution in [0.2, 0.25) is 0 Å². The molecule has 6 heteroatoms. The molecule has 0 aliphatic carbocycles. The van der Waals surface area contributed by atoms with Crippen LogP contribution in [-0.2, 0) is 16.1 Å². The number of hydrogen-bond acceptors (Lipinski definition) is 4. The predicted octanol–water partition coefficient (Wildman–Crippen LogP) is 3.85. The minimum atomic E-state index is -0.231. The summed E-state index contributed by atoms with van der Waals surface area (Å²) in [4.78, 5) is 13.7. The molecule has 0 amide bonds. The molecule has 0 unspecified atom stereocenters. The molecule has 0 saturated heterocycles. The summed E-state index contributed by atoms with van der Waals surface area (Å²) in [6.07, 6.45) is 0.272. The summed E-state index contributed by atoms with van der Waals surface area (Å²) in [6, 6.07) is 17.6. The van der Waals surface area contributed by atoms with E-state index in [9.17, 15) is 4.79 Å². The number of hydrogen-bond donors (Lipinski definition) is 1. The van der Waals surface area contributed by atoms with Crippen molar-refractivity contribution in [1.29, 1.82) is 0 Å². The molecule has 0 saturated carbocycles. The lowest BCUT2D eigenvalue weighted by molar-refractivity contribution is -0.143. The van der Waals surface area contributed by atoms with Crippen molar-refractivity contribution in [2.24, 2.45) is 0 Å². The van der Waals surface area contributed by atoms with Crippen molar-refractivity contribution < 1.29 is 14.3 Å². The maximum atomic E-state index is 11.7. The predicted molar refractivity (Wildman–Crippen MR) is 107 cm³/mol. The Morgan fingerprint density at radius 1 is 1.12 bits per heavy atom. The van der Waals surface area contributed by atoms with Crippen molar-refractivity contribution in [2.75, 3.05) is 25.6 Å². The number of ether oxygens (including phenoxy) is 2. The molecule has 2 aromatic carbocycles. The van der Waals surface area contributed by atoms with Gasteiger partial charge in [0.15, 0.2) is 5.11 Å². The summed E-state index contributed by atoms with van der Waals surface area (Å²) >= 11 is 5.59. The summed E-state index contributed by atoms with van der Waals surface area (Å²) in [5.41, 5.74) is 1.90. The third-order valence-electron chi connectivity index (χ3n) is 3.74. The number of carbonyl (C=O) groups excluding carboxylic acids is 1. The van der Waals surface area contributed by atoms with Gasteiger partial charge in [-0.15, -0.1) is 0 Å². The maximum absolute atomic E-state index is 11.7. The highest BCUT2D eigenvalue weighted by Gasteiger charge is 2.14. The fourth-order valence-corrected chi connectivity index (χ4v) is 2.72. The van der Waals surface area contributed by atoms with E-state index < -0.39 is 0 Å². The monoisotopic (exact) mass is 372 g/mol. The van der Waals surface area contributed by atoms with E-state index in [0.29, 0.717) is 30.6 Å². The smallest absolute Gasteiger partial charge is 0.307 e. The average molecular weight is 372 g/mol. The van der Waals surface area contributed by atoms with E-state index in [1.807, 2.05) is 59.5 Å². The molecule has 5 nitrogen and oxygen atoms in total. The molecule has 0 bridgehead atoms. The highest BCUT2D eigenvalue weighted by molar-refractivity contribution is 7.80. The summed E-state index contributed by atoms with van der Waals surface area (Å²) in [5, 5.41) is 3.75. The largest absolute Gasteiger partial charge is 0.495 e. The molecule has 26 heavy (non-hydrogen) atoms. The van der Waals surface area contributed by atoms with Gasteiger partial charge in [0.2, 0.25) is 0 Å². The Morgan fingerprint density at radius 2 is 1.81 bits per heavy atom. The Kier molecular flexibility index (Phi) is 7.89.